The number of ether oxygens (including phenoxy) is 4. The number of carbonyl (C=O) groups excluding carboxylic acids is 4. The van der Waals surface area contributed by atoms with Crippen molar-refractivity contribution in [1.29, 1.82) is 0 Å². The SMILES string of the molecule is CC(C)CC(NC(Cc1cncn1Cc1cc(Cl)cc(Cl)c1)C(=O)OCOC(=O)C(C)(C)C)C(=O)OCOC(=O)C(C)(C)C. The summed E-state index contributed by atoms with van der Waals surface area (Å²) in [6.07, 6.45) is 3.55. The van der Waals surface area contributed by atoms with Crippen molar-refractivity contribution in [1.82, 2.24) is 14.9 Å². The lowest BCUT2D eigenvalue weighted by molar-refractivity contribution is -0.175. The molecule has 0 spiro atoms. The van der Waals surface area contributed by atoms with Crippen molar-refractivity contribution >= 4 is 47.1 Å². The van der Waals surface area contributed by atoms with E-state index in [9.17, 15) is 19.2 Å². The molecule has 1 aromatic heterocycles. The lowest BCUT2D eigenvalue weighted by Gasteiger charge is -2.25. The largest absolute Gasteiger partial charge is 0.427 e. The molecule has 0 saturated carbocycles. The van der Waals surface area contributed by atoms with E-state index in [-0.39, 0.29) is 12.3 Å². The lowest BCUT2D eigenvalue weighted by Crippen LogP contribution is -2.50. The van der Waals surface area contributed by atoms with Crippen LogP contribution in [0.2, 0.25) is 10.0 Å². The molecule has 2 unspecified atom stereocenters. The first-order valence-corrected chi connectivity index (χ1v) is 15.0. The number of hydrogen-bond acceptors (Lipinski definition) is 10. The van der Waals surface area contributed by atoms with Crippen LogP contribution in [0.15, 0.2) is 30.7 Å². The number of hydrogen-bond donors (Lipinski definition) is 1. The Bertz CT molecular complexity index is 1280. The molecule has 1 aromatic carbocycles. The van der Waals surface area contributed by atoms with Gasteiger partial charge in [0.2, 0.25) is 13.6 Å². The van der Waals surface area contributed by atoms with Gasteiger partial charge in [0.1, 0.15) is 12.1 Å². The van der Waals surface area contributed by atoms with E-state index >= 15 is 0 Å². The second kappa shape index (κ2) is 16.2. The number of imidazole rings is 1. The molecule has 0 saturated heterocycles. The fraction of sp³-hybridized carbons (Fsp3) is 0.581. The van der Waals surface area contributed by atoms with E-state index < -0.39 is 60.4 Å². The minimum Gasteiger partial charge on any atom is -0.427 e. The van der Waals surface area contributed by atoms with Crippen LogP contribution in [0.5, 0.6) is 0 Å². The second-order valence-corrected chi connectivity index (χ2v) is 13.8. The van der Waals surface area contributed by atoms with E-state index in [4.69, 9.17) is 42.1 Å². The van der Waals surface area contributed by atoms with Crippen molar-refractivity contribution in [2.75, 3.05) is 13.6 Å². The number of nitrogens with one attached hydrogen (secondary N) is 1. The van der Waals surface area contributed by atoms with Crippen molar-refractivity contribution in [3.63, 3.8) is 0 Å². The minimum absolute atomic E-state index is 0.0275. The molecule has 2 atom stereocenters. The molecule has 0 aliphatic rings. The van der Waals surface area contributed by atoms with Crippen LogP contribution in [0.1, 0.15) is 73.1 Å². The molecule has 11 nitrogen and oxygen atoms in total. The Morgan fingerprint density at radius 3 is 1.80 bits per heavy atom. The highest BCUT2D eigenvalue weighted by Crippen LogP contribution is 2.21. The molecule has 244 valence electrons. The highest BCUT2D eigenvalue weighted by molar-refractivity contribution is 6.34. The van der Waals surface area contributed by atoms with E-state index in [1.807, 2.05) is 18.4 Å². The molecule has 44 heavy (non-hydrogen) atoms. The van der Waals surface area contributed by atoms with E-state index in [1.165, 1.54) is 0 Å². The average Bonchev–Trinajstić information content (AvgIpc) is 3.31. The van der Waals surface area contributed by atoms with Crippen molar-refractivity contribution in [3.8, 4) is 0 Å². The Labute approximate surface area is 268 Å². The van der Waals surface area contributed by atoms with E-state index in [1.54, 1.807) is 72.3 Å². The maximum atomic E-state index is 13.4. The molecule has 0 amide bonds. The number of halogens is 2. The zero-order valence-corrected chi connectivity index (χ0v) is 28.1. The number of carbonyl (C=O) groups is 4. The Morgan fingerprint density at radius 2 is 1.32 bits per heavy atom. The van der Waals surface area contributed by atoms with Crippen LogP contribution in [-0.2, 0) is 51.1 Å². The summed E-state index contributed by atoms with van der Waals surface area (Å²) in [5, 5.41) is 4.01. The number of aromatic nitrogens is 2. The summed E-state index contributed by atoms with van der Waals surface area (Å²) in [4.78, 5) is 55.0. The molecule has 0 bridgehead atoms. The summed E-state index contributed by atoms with van der Waals surface area (Å²) < 4.78 is 22.6. The third kappa shape index (κ3) is 12.5. The van der Waals surface area contributed by atoms with Crippen molar-refractivity contribution in [3.05, 3.63) is 52.0 Å². The Morgan fingerprint density at radius 1 is 0.818 bits per heavy atom. The van der Waals surface area contributed by atoms with E-state index in [0.29, 0.717) is 28.7 Å². The Balaban J connectivity index is 2.27. The topological polar surface area (TPSA) is 135 Å². The average molecular weight is 657 g/mol. The Kier molecular flexibility index (Phi) is 13.7. The lowest BCUT2D eigenvalue weighted by atomic mass is 9.97. The highest BCUT2D eigenvalue weighted by Gasteiger charge is 2.32. The standard InChI is InChI=1S/C31H43Cl2N3O8/c1-19(2)9-24(26(37)41-17-43-28(39)30(3,4)5)35-25(27(38)42-18-44-29(40)31(6,7)8)13-23-14-34-16-36(23)15-20-10-21(32)12-22(33)11-20/h10-12,14,16,19,24-25,35H,9,13,15,17-18H2,1-8H3. The quantitative estimate of drug-likeness (QED) is 0.210. The summed E-state index contributed by atoms with van der Waals surface area (Å²) >= 11 is 12.3. The third-order valence-electron chi connectivity index (χ3n) is 6.17. The number of rotatable bonds is 14. The predicted octanol–water partition coefficient (Wildman–Crippen LogP) is 5.33. The summed E-state index contributed by atoms with van der Waals surface area (Å²) in [7, 11) is 0. The van der Waals surface area contributed by atoms with Crippen LogP contribution < -0.4 is 5.32 Å². The first kappa shape index (κ1) is 37.0. The van der Waals surface area contributed by atoms with Gasteiger partial charge < -0.3 is 23.5 Å². The maximum Gasteiger partial charge on any atom is 0.326 e. The summed E-state index contributed by atoms with van der Waals surface area (Å²) in [5.41, 5.74) is -0.110. The molecule has 0 fully saturated rings. The molecular formula is C31H43Cl2N3O8. The van der Waals surface area contributed by atoms with Gasteiger partial charge in [-0.15, -0.1) is 0 Å². The highest BCUT2D eigenvalue weighted by atomic mass is 35.5. The van der Waals surface area contributed by atoms with Gasteiger partial charge in [-0.1, -0.05) is 37.0 Å². The molecule has 2 aromatic rings. The fourth-order valence-corrected chi connectivity index (χ4v) is 4.41. The first-order chi connectivity index (χ1) is 20.4. The smallest absolute Gasteiger partial charge is 0.326 e. The van der Waals surface area contributed by atoms with Crippen LogP contribution in [0.4, 0.5) is 0 Å². The van der Waals surface area contributed by atoms with Gasteiger partial charge in [-0.25, -0.2) is 4.98 Å². The van der Waals surface area contributed by atoms with Gasteiger partial charge in [0, 0.05) is 34.9 Å². The second-order valence-electron chi connectivity index (χ2n) is 12.9. The van der Waals surface area contributed by atoms with Crippen LogP contribution in [0, 0.1) is 16.7 Å². The van der Waals surface area contributed by atoms with Gasteiger partial charge in [0.15, 0.2) is 0 Å². The summed E-state index contributed by atoms with van der Waals surface area (Å²) in [5.74, 6) is -2.51. The Hall–Kier alpha value is -3.15. The molecule has 0 radical (unpaired) electrons. The van der Waals surface area contributed by atoms with Crippen molar-refractivity contribution in [2.45, 2.75) is 86.9 Å². The minimum atomic E-state index is -1.07. The summed E-state index contributed by atoms with van der Waals surface area (Å²) in [6.45, 7) is 13.1. The molecule has 0 aliphatic heterocycles. The van der Waals surface area contributed by atoms with Gasteiger partial charge in [-0.05, 0) is 77.6 Å². The van der Waals surface area contributed by atoms with Gasteiger partial charge >= 0.3 is 23.9 Å². The van der Waals surface area contributed by atoms with Gasteiger partial charge in [-0.2, -0.15) is 0 Å². The predicted molar refractivity (Wildman–Crippen MR) is 165 cm³/mol. The normalized spacial score (nSPS) is 13.2. The third-order valence-corrected chi connectivity index (χ3v) is 6.61. The van der Waals surface area contributed by atoms with Gasteiger partial charge in [0.25, 0.3) is 0 Å². The van der Waals surface area contributed by atoms with Crippen molar-refractivity contribution < 1.29 is 38.1 Å². The van der Waals surface area contributed by atoms with Gasteiger partial charge in [-0.3, -0.25) is 24.5 Å². The maximum absolute atomic E-state index is 13.4. The molecule has 2 rings (SSSR count). The molecule has 1 heterocycles. The molecule has 0 aliphatic carbocycles. The molecular weight excluding hydrogens is 613 g/mol. The van der Waals surface area contributed by atoms with Crippen LogP contribution >= 0.6 is 23.2 Å². The van der Waals surface area contributed by atoms with E-state index in [0.717, 1.165) is 5.56 Å². The van der Waals surface area contributed by atoms with E-state index in [2.05, 4.69) is 10.3 Å². The molecule has 1 N–H and O–H groups in total. The zero-order chi connectivity index (χ0) is 33.2. The first-order valence-electron chi connectivity index (χ1n) is 14.2. The number of nitrogens with zero attached hydrogens (tertiary/aromatic N) is 2. The monoisotopic (exact) mass is 655 g/mol. The van der Waals surface area contributed by atoms with Gasteiger partial charge in [0.05, 0.1) is 17.2 Å². The van der Waals surface area contributed by atoms with Crippen molar-refractivity contribution in [2.24, 2.45) is 16.7 Å². The number of esters is 4. The zero-order valence-electron chi connectivity index (χ0n) is 26.6. The van der Waals surface area contributed by atoms with Crippen LogP contribution in [0.25, 0.3) is 0 Å². The van der Waals surface area contributed by atoms with Crippen LogP contribution in [-0.4, -0.2) is 59.1 Å². The fourth-order valence-electron chi connectivity index (χ4n) is 3.84. The molecule has 13 heteroatoms. The number of benzene rings is 1. The summed E-state index contributed by atoms with van der Waals surface area (Å²) in [6, 6.07) is 3.14. The van der Waals surface area contributed by atoms with Crippen LogP contribution in [0.3, 0.4) is 0 Å².